The maximum Gasteiger partial charge on any atom is 0.416 e. The zero-order valence-corrected chi connectivity index (χ0v) is 10.7. The fourth-order valence-electron chi connectivity index (χ4n) is 2.17. The maximum atomic E-state index is 12.8. The Morgan fingerprint density at radius 2 is 1.89 bits per heavy atom. The van der Waals surface area contributed by atoms with E-state index in [2.05, 4.69) is 10.6 Å². The number of hydrogen-bond donors (Lipinski definition) is 2. The molecule has 0 spiro atoms. The molecular weight excluding hydrogens is 257 g/mol. The number of nitrogens with one attached hydrogen (secondary N) is 2. The molecule has 6 heteroatoms. The second-order valence-corrected chi connectivity index (χ2v) is 4.62. The molecule has 1 aliphatic heterocycles. The van der Waals surface area contributed by atoms with Gasteiger partial charge in [0, 0.05) is 17.8 Å². The third-order valence-electron chi connectivity index (χ3n) is 3.18. The number of benzene rings is 1. The van der Waals surface area contributed by atoms with Crippen LogP contribution < -0.4 is 15.4 Å². The van der Waals surface area contributed by atoms with Gasteiger partial charge in [-0.1, -0.05) is 0 Å². The average molecular weight is 274 g/mol. The van der Waals surface area contributed by atoms with E-state index in [0.29, 0.717) is 5.69 Å². The smallest absolute Gasteiger partial charge is 0.416 e. The van der Waals surface area contributed by atoms with Crippen LogP contribution in [0, 0.1) is 0 Å². The summed E-state index contributed by atoms with van der Waals surface area (Å²) in [6.07, 6.45) is -2.56. The number of piperidine rings is 1. The molecule has 1 aromatic rings. The number of anilines is 1. The van der Waals surface area contributed by atoms with E-state index in [0.717, 1.165) is 38.1 Å². The van der Waals surface area contributed by atoms with Crippen molar-refractivity contribution >= 4 is 5.69 Å². The molecule has 0 radical (unpaired) electrons. The molecule has 1 aromatic carbocycles. The van der Waals surface area contributed by atoms with E-state index in [1.165, 1.54) is 7.11 Å². The van der Waals surface area contributed by atoms with Crippen LogP contribution in [0.15, 0.2) is 18.2 Å². The van der Waals surface area contributed by atoms with Crippen molar-refractivity contribution in [2.45, 2.75) is 25.1 Å². The predicted octanol–water partition coefficient (Wildman–Crippen LogP) is 2.88. The molecule has 1 saturated heterocycles. The Kier molecular flexibility index (Phi) is 4.19. The number of alkyl halides is 3. The highest BCUT2D eigenvalue weighted by molar-refractivity contribution is 5.52. The lowest BCUT2D eigenvalue weighted by molar-refractivity contribution is -0.137. The molecule has 0 aromatic heterocycles. The first-order chi connectivity index (χ1) is 8.99. The van der Waals surface area contributed by atoms with Crippen LogP contribution >= 0.6 is 0 Å². The molecule has 0 aliphatic carbocycles. The molecule has 2 rings (SSSR count). The SMILES string of the molecule is COc1cc(NC2CCNCC2)cc(C(F)(F)F)c1. The fourth-order valence-corrected chi connectivity index (χ4v) is 2.17. The van der Waals surface area contributed by atoms with Crippen molar-refractivity contribution in [2.24, 2.45) is 0 Å². The molecule has 0 saturated carbocycles. The Labute approximate surface area is 110 Å². The molecular formula is C13H17F3N2O. The summed E-state index contributed by atoms with van der Waals surface area (Å²) in [7, 11) is 1.36. The number of rotatable bonds is 3. The first-order valence-electron chi connectivity index (χ1n) is 6.22. The number of hydrogen-bond acceptors (Lipinski definition) is 3. The minimum Gasteiger partial charge on any atom is -0.497 e. The van der Waals surface area contributed by atoms with Crippen molar-refractivity contribution in [1.82, 2.24) is 5.32 Å². The van der Waals surface area contributed by atoms with Crippen LogP contribution in [0.4, 0.5) is 18.9 Å². The highest BCUT2D eigenvalue weighted by Gasteiger charge is 2.31. The van der Waals surface area contributed by atoms with Crippen LogP contribution in [0.3, 0.4) is 0 Å². The summed E-state index contributed by atoms with van der Waals surface area (Å²) in [6, 6.07) is 3.93. The summed E-state index contributed by atoms with van der Waals surface area (Å²) < 4.78 is 43.2. The van der Waals surface area contributed by atoms with Crippen LogP contribution in [0.1, 0.15) is 18.4 Å². The van der Waals surface area contributed by atoms with Crippen LogP contribution in [-0.2, 0) is 6.18 Å². The van der Waals surface area contributed by atoms with E-state index in [1.807, 2.05) is 0 Å². The summed E-state index contributed by atoms with van der Waals surface area (Å²) in [4.78, 5) is 0. The summed E-state index contributed by atoms with van der Waals surface area (Å²) in [5.41, 5.74) is -0.234. The lowest BCUT2D eigenvalue weighted by Crippen LogP contribution is -2.35. The van der Waals surface area contributed by atoms with Crippen LogP contribution in [0.25, 0.3) is 0 Å². The van der Waals surface area contributed by atoms with Crippen molar-refractivity contribution < 1.29 is 17.9 Å². The number of methoxy groups -OCH3 is 1. The molecule has 3 nitrogen and oxygen atoms in total. The second kappa shape index (κ2) is 5.69. The van der Waals surface area contributed by atoms with Gasteiger partial charge < -0.3 is 15.4 Å². The third-order valence-corrected chi connectivity index (χ3v) is 3.18. The van der Waals surface area contributed by atoms with Gasteiger partial charge in [0.05, 0.1) is 12.7 Å². The van der Waals surface area contributed by atoms with Gasteiger partial charge in [0.1, 0.15) is 5.75 Å². The van der Waals surface area contributed by atoms with Gasteiger partial charge in [0.25, 0.3) is 0 Å². The molecule has 19 heavy (non-hydrogen) atoms. The molecule has 106 valence electrons. The lowest BCUT2D eigenvalue weighted by Gasteiger charge is -2.25. The van der Waals surface area contributed by atoms with Crippen molar-refractivity contribution in [3.63, 3.8) is 0 Å². The van der Waals surface area contributed by atoms with E-state index in [4.69, 9.17) is 4.74 Å². The minimum absolute atomic E-state index is 0.203. The number of ether oxygens (including phenoxy) is 1. The standard InChI is InChI=1S/C13H17F3N2O/c1-19-12-7-9(13(14,15)16)6-11(8-12)18-10-2-4-17-5-3-10/h6-8,10,17-18H,2-5H2,1H3. The first kappa shape index (κ1) is 14.0. The molecule has 1 fully saturated rings. The second-order valence-electron chi connectivity index (χ2n) is 4.62. The average Bonchev–Trinajstić information content (AvgIpc) is 2.38. The Balaban J connectivity index is 2.19. The van der Waals surface area contributed by atoms with Crippen molar-refractivity contribution in [3.05, 3.63) is 23.8 Å². The highest BCUT2D eigenvalue weighted by Crippen LogP contribution is 2.34. The predicted molar refractivity (Wildman–Crippen MR) is 67.5 cm³/mol. The lowest BCUT2D eigenvalue weighted by atomic mass is 10.1. The Bertz CT molecular complexity index is 428. The van der Waals surface area contributed by atoms with Gasteiger partial charge >= 0.3 is 6.18 Å². The van der Waals surface area contributed by atoms with Crippen LogP contribution in [-0.4, -0.2) is 26.2 Å². The van der Waals surface area contributed by atoms with Gasteiger partial charge in [0.2, 0.25) is 0 Å². The molecule has 2 N–H and O–H groups in total. The van der Waals surface area contributed by atoms with Gasteiger partial charge in [0.15, 0.2) is 0 Å². The topological polar surface area (TPSA) is 33.3 Å². The van der Waals surface area contributed by atoms with E-state index in [9.17, 15) is 13.2 Å². The zero-order valence-electron chi connectivity index (χ0n) is 10.7. The van der Waals surface area contributed by atoms with Gasteiger partial charge in [-0.05, 0) is 38.1 Å². The molecule has 0 amide bonds. The highest BCUT2D eigenvalue weighted by atomic mass is 19.4. The van der Waals surface area contributed by atoms with E-state index in [-0.39, 0.29) is 11.8 Å². The Hall–Kier alpha value is -1.43. The van der Waals surface area contributed by atoms with Gasteiger partial charge in [-0.25, -0.2) is 0 Å². The van der Waals surface area contributed by atoms with E-state index in [1.54, 1.807) is 6.07 Å². The Morgan fingerprint density at radius 1 is 1.21 bits per heavy atom. The minimum atomic E-state index is -4.36. The summed E-state index contributed by atoms with van der Waals surface area (Å²) >= 11 is 0. The summed E-state index contributed by atoms with van der Waals surface area (Å²) in [6.45, 7) is 1.77. The normalized spacial score (nSPS) is 17.3. The fraction of sp³-hybridized carbons (Fsp3) is 0.538. The van der Waals surface area contributed by atoms with Crippen molar-refractivity contribution in [3.8, 4) is 5.75 Å². The molecule has 0 atom stereocenters. The van der Waals surface area contributed by atoms with Crippen molar-refractivity contribution in [1.29, 1.82) is 0 Å². The monoisotopic (exact) mass is 274 g/mol. The van der Waals surface area contributed by atoms with Gasteiger partial charge in [-0.2, -0.15) is 13.2 Å². The maximum absolute atomic E-state index is 12.8. The zero-order chi connectivity index (χ0) is 13.9. The summed E-state index contributed by atoms with van der Waals surface area (Å²) in [5.74, 6) is 0.214. The quantitative estimate of drug-likeness (QED) is 0.889. The van der Waals surface area contributed by atoms with Crippen LogP contribution in [0.5, 0.6) is 5.75 Å². The van der Waals surface area contributed by atoms with Crippen molar-refractivity contribution in [2.75, 3.05) is 25.5 Å². The molecule has 0 bridgehead atoms. The van der Waals surface area contributed by atoms with Crippen LogP contribution in [0.2, 0.25) is 0 Å². The van der Waals surface area contributed by atoms with E-state index >= 15 is 0 Å². The van der Waals surface area contributed by atoms with Gasteiger partial charge in [-0.15, -0.1) is 0 Å². The summed E-state index contributed by atoms with van der Waals surface area (Å²) in [5, 5.41) is 6.36. The number of halogens is 3. The van der Waals surface area contributed by atoms with Gasteiger partial charge in [-0.3, -0.25) is 0 Å². The Morgan fingerprint density at radius 3 is 2.47 bits per heavy atom. The largest absolute Gasteiger partial charge is 0.497 e. The van der Waals surface area contributed by atoms with E-state index < -0.39 is 11.7 Å². The molecule has 1 aliphatic rings. The molecule has 0 unspecified atom stereocenters. The third kappa shape index (κ3) is 3.76. The first-order valence-corrected chi connectivity index (χ1v) is 6.22. The molecule has 1 heterocycles.